The number of ether oxygens (including phenoxy) is 1. The summed E-state index contributed by atoms with van der Waals surface area (Å²) in [5, 5.41) is 1.13. The number of anilines is 1. The second-order valence-corrected chi connectivity index (χ2v) is 9.41. The van der Waals surface area contributed by atoms with Crippen LogP contribution in [0.1, 0.15) is 55.4 Å². The summed E-state index contributed by atoms with van der Waals surface area (Å²) in [7, 11) is 0. The van der Waals surface area contributed by atoms with Crippen LogP contribution in [0, 0.1) is 6.92 Å². The Bertz CT molecular complexity index is 1160. The lowest BCUT2D eigenvalue weighted by Crippen LogP contribution is -2.50. The molecule has 7 heteroatoms. The lowest BCUT2D eigenvalue weighted by atomic mass is 9.96. The highest BCUT2D eigenvalue weighted by Crippen LogP contribution is 2.34. The van der Waals surface area contributed by atoms with E-state index in [1.165, 1.54) is 18.4 Å². The molecule has 2 aliphatic rings. The van der Waals surface area contributed by atoms with Gasteiger partial charge in [0.1, 0.15) is 28.7 Å². The number of nitrogens with zero attached hydrogens (tertiary/aromatic N) is 4. The lowest BCUT2D eigenvalue weighted by Gasteiger charge is -2.35. The second kappa shape index (κ2) is 9.04. The number of furan rings is 1. The van der Waals surface area contributed by atoms with Crippen LogP contribution in [0.4, 0.5) is 5.82 Å². The molecule has 7 nitrogen and oxygen atoms in total. The largest absolute Gasteiger partial charge is 0.484 e. The van der Waals surface area contributed by atoms with Crippen LogP contribution in [0.5, 0.6) is 5.75 Å². The molecule has 3 heterocycles. The molecule has 1 amide bonds. The van der Waals surface area contributed by atoms with Gasteiger partial charge in [0, 0.05) is 61.2 Å². The molecule has 174 valence electrons. The molecule has 0 bridgehead atoms. The molecule has 0 unspecified atom stereocenters. The topological polar surface area (TPSA) is 71.7 Å². The molecule has 0 spiro atoms. The van der Waals surface area contributed by atoms with E-state index in [2.05, 4.69) is 23.7 Å². The average molecular weight is 449 g/mol. The van der Waals surface area contributed by atoms with Crippen molar-refractivity contribution < 1.29 is 13.9 Å². The first kappa shape index (κ1) is 21.7. The highest BCUT2D eigenvalue weighted by Gasteiger charge is 2.23. The maximum Gasteiger partial charge on any atom is 0.260 e. The van der Waals surface area contributed by atoms with Crippen LogP contribution in [0.15, 0.2) is 28.7 Å². The van der Waals surface area contributed by atoms with Crippen molar-refractivity contribution in [3.05, 3.63) is 47.1 Å². The number of carbonyl (C=O) groups excluding carboxylic acids is 1. The summed E-state index contributed by atoms with van der Waals surface area (Å²) < 4.78 is 11.9. The minimum atomic E-state index is 0.0192. The number of hydrogen-bond acceptors (Lipinski definition) is 6. The standard InChI is InChI=1S/C26H32N4O3/c1-17(2)26-27-18(3)14-24(28-26)29-10-12-30(13-11-29)25(31)16-32-19-8-9-23-21(15-19)20-6-4-5-7-22(20)33-23/h8-9,14-15,17H,4-7,10-13,16H2,1-3H3. The molecule has 2 aromatic heterocycles. The van der Waals surface area contributed by atoms with Gasteiger partial charge in [-0.15, -0.1) is 0 Å². The third-order valence-corrected chi connectivity index (χ3v) is 6.62. The van der Waals surface area contributed by atoms with Crippen molar-refractivity contribution in [2.24, 2.45) is 0 Å². The third-order valence-electron chi connectivity index (χ3n) is 6.62. The van der Waals surface area contributed by atoms with Crippen molar-refractivity contribution in [3.8, 4) is 5.75 Å². The van der Waals surface area contributed by atoms with Crippen LogP contribution in [0.25, 0.3) is 11.0 Å². The number of aromatic nitrogens is 2. The van der Waals surface area contributed by atoms with Crippen molar-refractivity contribution in [1.29, 1.82) is 0 Å². The van der Waals surface area contributed by atoms with Gasteiger partial charge >= 0.3 is 0 Å². The van der Waals surface area contributed by atoms with Gasteiger partial charge in [0.2, 0.25) is 0 Å². The van der Waals surface area contributed by atoms with Crippen molar-refractivity contribution >= 4 is 22.7 Å². The van der Waals surface area contributed by atoms with Gasteiger partial charge in [-0.05, 0) is 44.4 Å². The van der Waals surface area contributed by atoms with Crippen LogP contribution in [0.2, 0.25) is 0 Å². The van der Waals surface area contributed by atoms with Gasteiger partial charge in [-0.25, -0.2) is 9.97 Å². The maximum absolute atomic E-state index is 12.8. The minimum Gasteiger partial charge on any atom is -0.484 e. The summed E-state index contributed by atoms with van der Waals surface area (Å²) in [5.74, 6) is 3.96. The monoisotopic (exact) mass is 448 g/mol. The Hall–Kier alpha value is -3.09. The number of carbonyl (C=O) groups is 1. The number of amides is 1. The van der Waals surface area contributed by atoms with E-state index in [4.69, 9.17) is 14.1 Å². The Morgan fingerprint density at radius 1 is 1.09 bits per heavy atom. The zero-order valence-corrected chi connectivity index (χ0v) is 19.8. The fourth-order valence-corrected chi connectivity index (χ4v) is 4.75. The van der Waals surface area contributed by atoms with Crippen LogP contribution < -0.4 is 9.64 Å². The molecule has 0 saturated carbocycles. The van der Waals surface area contributed by atoms with Gasteiger partial charge < -0.3 is 19.0 Å². The Balaban J connectivity index is 1.18. The van der Waals surface area contributed by atoms with E-state index < -0.39 is 0 Å². The molecule has 0 atom stereocenters. The fraction of sp³-hybridized carbons (Fsp3) is 0.500. The molecule has 0 N–H and O–H groups in total. The fourth-order valence-electron chi connectivity index (χ4n) is 4.75. The first-order valence-electron chi connectivity index (χ1n) is 12.0. The Kier molecular flexibility index (Phi) is 5.96. The van der Waals surface area contributed by atoms with Crippen LogP contribution in [0.3, 0.4) is 0 Å². The van der Waals surface area contributed by atoms with Gasteiger partial charge in [0.05, 0.1) is 0 Å². The maximum atomic E-state index is 12.8. The quantitative estimate of drug-likeness (QED) is 0.581. The van der Waals surface area contributed by atoms with Crippen molar-refractivity contribution in [1.82, 2.24) is 14.9 Å². The van der Waals surface area contributed by atoms with Gasteiger partial charge in [-0.1, -0.05) is 13.8 Å². The second-order valence-electron chi connectivity index (χ2n) is 9.41. The van der Waals surface area contributed by atoms with Gasteiger partial charge in [0.25, 0.3) is 5.91 Å². The minimum absolute atomic E-state index is 0.0192. The molecule has 3 aromatic rings. The average Bonchev–Trinajstić information content (AvgIpc) is 3.20. The number of benzene rings is 1. The molecular weight excluding hydrogens is 416 g/mol. The van der Waals surface area contributed by atoms with Crippen molar-refractivity contribution in [2.75, 3.05) is 37.7 Å². The summed E-state index contributed by atoms with van der Waals surface area (Å²) in [4.78, 5) is 26.2. The molecule has 1 saturated heterocycles. The number of rotatable bonds is 5. The van der Waals surface area contributed by atoms with Crippen molar-refractivity contribution in [2.45, 2.75) is 52.4 Å². The van der Waals surface area contributed by atoms with Gasteiger partial charge in [-0.3, -0.25) is 4.79 Å². The van der Waals surface area contributed by atoms with E-state index in [0.717, 1.165) is 65.7 Å². The highest BCUT2D eigenvalue weighted by atomic mass is 16.5. The Morgan fingerprint density at radius 2 is 1.88 bits per heavy atom. The van der Waals surface area contributed by atoms with Crippen molar-refractivity contribution in [3.63, 3.8) is 0 Å². The van der Waals surface area contributed by atoms with E-state index in [1.807, 2.05) is 36.1 Å². The zero-order chi connectivity index (χ0) is 22.9. The van der Waals surface area contributed by atoms with E-state index in [0.29, 0.717) is 13.1 Å². The summed E-state index contributed by atoms with van der Waals surface area (Å²) in [6, 6.07) is 7.91. The molecular formula is C26H32N4O3. The molecule has 1 aromatic carbocycles. The molecule has 0 radical (unpaired) electrons. The molecule has 1 aliphatic carbocycles. The molecule has 1 aliphatic heterocycles. The number of fused-ring (bicyclic) bond motifs is 3. The first-order chi connectivity index (χ1) is 16.0. The number of hydrogen-bond donors (Lipinski definition) is 0. The number of piperazine rings is 1. The highest BCUT2D eigenvalue weighted by molar-refractivity contribution is 5.84. The van der Waals surface area contributed by atoms with E-state index in [9.17, 15) is 4.79 Å². The van der Waals surface area contributed by atoms with E-state index in [-0.39, 0.29) is 18.4 Å². The van der Waals surface area contributed by atoms with E-state index >= 15 is 0 Å². The molecule has 1 fully saturated rings. The van der Waals surface area contributed by atoms with Gasteiger partial charge in [-0.2, -0.15) is 0 Å². The number of aryl methyl sites for hydroxylation is 3. The van der Waals surface area contributed by atoms with E-state index in [1.54, 1.807) is 0 Å². The first-order valence-corrected chi connectivity index (χ1v) is 12.0. The van der Waals surface area contributed by atoms with Crippen LogP contribution in [-0.4, -0.2) is 53.6 Å². The van der Waals surface area contributed by atoms with Crippen LogP contribution >= 0.6 is 0 Å². The predicted octanol–water partition coefficient (Wildman–Crippen LogP) is 4.26. The van der Waals surface area contributed by atoms with Crippen LogP contribution in [-0.2, 0) is 17.6 Å². The zero-order valence-electron chi connectivity index (χ0n) is 19.8. The summed E-state index contributed by atoms with van der Waals surface area (Å²) in [6.07, 6.45) is 4.45. The Morgan fingerprint density at radius 3 is 2.67 bits per heavy atom. The molecule has 5 rings (SSSR count). The summed E-state index contributed by atoms with van der Waals surface area (Å²) in [5.41, 5.74) is 3.20. The predicted molar refractivity (Wildman–Crippen MR) is 128 cm³/mol. The SMILES string of the molecule is Cc1cc(N2CCN(C(=O)COc3ccc4oc5c(c4c3)CCCC5)CC2)nc(C(C)C)n1. The smallest absolute Gasteiger partial charge is 0.260 e. The normalized spacial score (nSPS) is 16.4. The summed E-state index contributed by atoms with van der Waals surface area (Å²) in [6.45, 7) is 9.11. The lowest BCUT2D eigenvalue weighted by molar-refractivity contribution is -0.133. The van der Waals surface area contributed by atoms with Gasteiger partial charge in [0.15, 0.2) is 6.61 Å². The molecule has 33 heavy (non-hydrogen) atoms. The third kappa shape index (κ3) is 4.54. The Labute approximate surface area is 194 Å². The summed E-state index contributed by atoms with van der Waals surface area (Å²) >= 11 is 0.